The smallest absolute Gasteiger partial charge is 0.338 e. The number of carbonyl (C=O) groups excluding carboxylic acids is 1. The number of rotatable bonds is 6. The number of methoxy groups -OCH3 is 1. The van der Waals surface area contributed by atoms with Crippen LogP contribution < -0.4 is 19.6 Å². The largest absolute Gasteiger partial charge is 0.497 e. The number of hydrogen-bond donors (Lipinski definition) is 0. The first-order valence-corrected chi connectivity index (χ1v) is 15.0. The molecule has 7 rings (SSSR count). The average molecular weight is 589 g/mol. The summed E-state index contributed by atoms with van der Waals surface area (Å²) in [6, 6.07) is 26.8. The van der Waals surface area contributed by atoms with E-state index in [9.17, 15) is 9.59 Å². The molecule has 0 amide bonds. The fourth-order valence-electron chi connectivity index (χ4n) is 5.84. The number of allylic oxidation sites excluding steroid dienone is 1. The lowest BCUT2D eigenvalue weighted by Gasteiger charge is -2.30. The Morgan fingerprint density at radius 3 is 2.70 bits per heavy atom. The van der Waals surface area contributed by atoms with E-state index < -0.39 is 0 Å². The molecule has 3 heterocycles. The predicted molar refractivity (Wildman–Crippen MR) is 166 cm³/mol. The van der Waals surface area contributed by atoms with Gasteiger partial charge in [0, 0.05) is 17.2 Å². The molecule has 0 N–H and O–H groups in total. The zero-order valence-electron chi connectivity index (χ0n) is 23.7. The highest BCUT2D eigenvalue weighted by Gasteiger charge is 2.32. The fourth-order valence-corrected chi connectivity index (χ4v) is 6.82. The van der Waals surface area contributed by atoms with E-state index in [0.717, 1.165) is 46.6 Å². The number of benzene rings is 3. The van der Waals surface area contributed by atoms with Gasteiger partial charge in [-0.2, -0.15) is 0 Å². The third-order valence-electron chi connectivity index (χ3n) is 7.86. The molecular weight excluding hydrogens is 560 g/mol. The van der Waals surface area contributed by atoms with Crippen molar-refractivity contribution in [1.29, 1.82) is 0 Å². The van der Waals surface area contributed by atoms with Gasteiger partial charge in [0.15, 0.2) is 4.80 Å². The van der Waals surface area contributed by atoms with Crippen LogP contribution in [0.1, 0.15) is 52.2 Å². The van der Waals surface area contributed by atoms with Crippen molar-refractivity contribution >= 4 is 29.1 Å². The summed E-state index contributed by atoms with van der Waals surface area (Å²) in [7, 11) is 1.65. The number of thiazole rings is 1. The number of aromatic nitrogens is 1. The molecule has 1 aliphatic heterocycles. The molecule has 8 heteroatoms. The van der Waals surface area contributed by atoms with Crippen LogP contribution >= 0.6 is 11.3 Å². The van der Waals surface area contributed by atoms with Crippen LogP contribution in [0.2, 0.25) is 0 Å². The summed E-state index contributed by atoms with van der Waals surface area (Å²) >= 11 is 1.36. The van der Waals surface area contributed by atoms with Crippen LogP contribution in [0.5, 0.6) is 5.75 Å². The first kappa shape index (κ1) is 26.9. The molecule has 0 fully saturated rings. The Labute approximate surface area is 251 Å². The van der Waals surface area contributed by atoms with Gasteiger partial charge in [0.05, 0.1) is 35.6 Å². The molecule has 43 heavy (non-hydrogen) atoms. The number of nitrogens with zero attached hydrogens (tertiary/aromatic N) is 2. The van der Waals surface area contributed by atoms with Crippen molar-refractivity contribution in [2.24, 2.45) is 4.99 Å². The van der Waals surface area contributed by atoms with Crippen LogP contribution in [0.3, 0.4) is 0 Å². The second-order valence-corrected chi connectivity index (χ2v) is 11.4. The van der Waals surface area contributed by atoms with Crippen LogP contribution in [0, 0.1) is 0 Å². The highest BCUT2D eigenvalue weighted by molar-refractivity contribution is 7.07. The topological polar surface area (TPSA) is 83.0 Å². The van der Waals surface area contributed by atoms with Gasteiger partial charge in [0.1, 0.15) is 17.3 Å². The van der Waals surface area contributed by atoms with Gasteiger partial charge in [-0.05, 0) is 72.9 Å². The monoisotopic (exact) mass is 588 g/mol. The fraction of sp³-hybridized carbons (Fsp3) is 0.171. The number of hydrogen-bond acceptors (Lipinski definition) is 7. The Bertz CT molecular complexity index is 2080. The summed E-state index contributed by atoms with van der Waals surface area (Å²) < 4.78 is 19.0. The molecule has 3 aromatic carbocycles. The predicted octanol–water partition coefficient (Wildman–Crippen LogP) is 5.76. The van der Waals surface area contributed by atoms with Gasteiger partial charge >= 0.3 is 5.97 Å². The van der Waals surface area contributed by atoms with Crippen molar-refractivity contribution in [2.45, 2.75) is 25.8 Å². The van der Waals surface area contributed by atoms with Gasteiger partial charge in [0.25, 0.3) is 5.56 Å². The molecular formula is C35H28N2O5S. The minimum Gasteiger partial charge on any atom is -0.497 e. The third-order valence-corrected chi connectivity index (χ3v) is 8.85. The Morgan fingerprint density at radius 2 is 1.88 bits per heavy atom. The SMILES string of the molecule is CCOC(=O)c1cccc(-c2ccc(/C=c3\sc4n(c3=O)[C@H](c3ccc(OC)cc3)C3=C(N=4)c4ccccc4CC3)o2)c1. The van der Waals surface area contributed by atoms with Crippen LogP contribution in [-0.2, 0) is 11.2 Å². The van der Waals surface area contributed by atoms with Crippen LogP contribution in [0.4, 0.5) is 0 Å². The first-order valence-electron chi connectivity index (χ1n) is 14.2. The summed E-state index contributed by atoms with van der Waals surface area (Å²) in [5.74, 6) is 1.51. The van der Waals surface area contributed by atoms with Gasteiger partial charge in [-0.3, -0.25) is 9.36 Å². The second-order valence-electron chi connectivity index (χ2n) is 10.4. The zero-order chi connectivity index (χ0) is 29.5. The van der Waals surface area contributed by atoms with Gasteiger partial charge < -0.3 is 13.9 Å². The minimum atomic E-state index is -0.381. The summed E-state index contributed by atoms with van der Waals surface area (Å²) in [6.07, 6.45) is 3.49. The number of esters is 1. The average Bonchev–Trinajstić information content (AvgIpc) is 3.64. The van der Waals surface area contributed by atoms with Crippen molar-refractivity contribution in [2.75, 3.05) is 13.7 Å². The van der Waals surface area contributed by atoms with Crippen molar-refractivity contribution in [3.05, 3.63) is 138 Å². The second kappa shape index (κ2) is 11.0. The van der Waals surface area contributed by atoms with E-state index in [-0.39, 0.29) is 17.6 Å². The number of ether oxygens (including phenoxy) is 2. The van der Waals surface area contributed by atoms with Crippen LogP contribution in [0.15, 0.2) is 105 Å². The van der Waals surface area contributed by atoms with Gasteiger partial charge in [-0.1, -0.05) is 59.9 Å². The molecule has 7 nitrogen and oxygen atoms in total. The highest BCUT2D eigenvalue weighted by atomic mass is 32.1. The van der Waals surface area contributed by atoms with Crippen LogP contribution in [-0.4, -0.2) is 24.3 Å². The normalized spacial score (nSPS) is 15.8. The molecule has 5 aromatic rings. The van der Waals surface area contributed by atoms with Crippen molar-refractivity contribution in [3.8, 4) is 17.1 Å². The molecule has 2 aliphatic rings. The van der Waals surface area contributed by atoms with E-state index >= 15 is 0 Å². The van der Waals surface area contributed by atoms with E-state index in [0.29, 0.717) is 33.0 Å². The van der Waals surface area contributed by atoms with Crippen LogP contribution in [0.25, 0.3) is 23.1 Å². The minimum absolute atomic E-state index is 0.114. The van der Waals surface area contributed by atoms with Crippen molar-refractivity contribution in [1.82, 2.24) is 4.57 Å². The molecule has 2 aromatic heterocycles. The third kappa shape index (κ3) is 4.83. The summed E-state index contributed by atoms with van der Waals surface area (Å²) in [5, 5.41) is 0. The molecule has 0 unspecified atom stereocenters. The standard InChI is InChI=1S/C35H28N2O5S/c1-3-41-34(39)24-9-6-8-23(19-24)29-18-16-26(42-29)20-30-33(38)37-32(22-11-14-25(40-2)15-12-22)28-17-13-21-7-4-5-10-27(21)31(28)36-35(37)43-30/h4-12,14-16,18-20,32H,3,13,17H2,1-2H3/b30-20-/t32-/m1/s1. The van der Waals surface area contributed by atoms with E-state index in [1.807, 2.05) is 53.1 Å². The summed E-state index contributed by atoms with van der Waals surface area (Å²) in [5.41, 5.74) is 6.59. The summed E-state index contributed by atoms with van der Waals surface area (Å²) in [6.45, 7) is 2.08. The lowest BCUT2D eigenvalue weighted by Crippen LogP contribution is -2.38. The van der Waals surface area contributed by atoms with E-state index in [4.69, 9.17) is 18.9 Å². The van der Waals surface area contributed by atoms with Gasteiger partial charge in [-0.15, -0.1) is 0 Å². The Hall–Kier alpha value is -4.95. The molecule has 1 atom stereocenters. The molecule has 1 aliphatic carbocycles. The maximum atomic E-state index is 14.0. The lowest BCUT2D eigenvalue weighted by atomic mass is 9.83. The molecule has 214 valence electrons. The molecule has 0 saturated heterocycles. The highest BCUT2D eigenvalue weighted by Crippen LogP contribution is 2.41. The van der Waals surface area contributed by atoms with Gasteiger partial charge in [0.2, 0.25) is 0 Å². The molecule has 0 saturated carbocycles. The molecule has 0 radical (unpaired) electrons. The Kier molecular flexibility index (Phi) is 6.91. The lowest BCUT2D eigenvalue weighted by molar-refractivity contribution is 0.0526. The summed E-state index contributed by atoms with van der Waals surface area (Å²) in [4.78, 5) is 32.0. The Morgan fingerprint density at radius 1 is 1.05 bits per heavy atom. The number of aryl methyl sites for hydroxylation is 1. The number of furan rings is 1. The van der Waals surface area contributed by atoms with Crippen molar-refractivity contribution < 1.29 is 18.7 Å². The van der Waals surface area contributed by atoms with E-state index in [2.05, 4.69) is 18.2 Å². The maximum Gasteiger partial charge on any atom is 0.338 e. The zero-order valence-corrected chi connectivity index (χ0v) is 24.5. The quantitative estimate of drug-likeness (QED) is 0.236. The molecule has 0 spiro atoms. The molecule has 0 bridgehead atoms. The van der Waals surface area contributed by atoms with Gasteiger partial charge in [-0.25, -0.2) is 9.79 Å². The first-order chi connectivity index (χ1) is 21.0. The Balaban J connectivity index is 1.33. The van der Waals surface area contributed by atoms with E-state index in [1.54, 1.807) is 38.3 Å². The number of carbonyl (C=O) groups is 1. The maximum absolute atomic E-state index is 14.0. The van der Waals surface area contributed by atoms with E-state index in [1.165, 1.54) is 16.9 Å². The van der Waals surface area contributed by atoms with Crippen molar-refractivity contribution in [3.63, 3.8) is 0 Å². The number of fused-ring (bicyclic) bond motifs is 3.